The monoisotopic (exact) mass is 792 g/mol. The summed E-state index contributed by atoms with van der Waals surface area (Å²) in [6.07, 6.45) is -10.4. The lowest BCUT2D eigenvalue weighted by Gasteiger charge is -2.25. The van der Waals surface area contributed by atoms with E-state index in [9.17, 15) is 27.7 Å². The first-order valence-electron chi connectivity index (χ1n) is 18.8. The number of benzene rings is 8. The van der Waals surface area contributed by atoms with Crippen molar-refractivity contribution < 1.29 is 36.5 Å². The normalized spacial score (nSPS) is 12.5. The van der Waals surface area contributed by atoms with Gasteiger partial charge in [0.15, 0.2) is 11.2 Å². The van der Waals surface area contributed by atoms with Crippen LogP contribution < -0.4 is 4.90 Å². The second kappa shape index (κ2) is 13.6. The third-order valence-corrected chi connectivity index (χ3v) is 10.2. The minimum absolute atomic E-state index is 0.00392. The molecule has 0 saturated carbocycles. The molecule has 11 heteroatoms. The molecule has 8 aromatic carbocycles. The number of halogens is 6. The molecule has 0 fully saturated rings. The lowest BCUT2D eigenvalue weighted by Crippen LogP contribution is -2.16. The summed E-state index contributed by atoms with van der Waals surface area (Å²) in [5.74, 6) is 0.943. The SMILES string of the molecule is [2H]c1cc(N(c2ccc3nc(-c4ccccc4)oc3c2)c2ccc3nc(-c4ccccc4)oc3c2)cc2ccc(-c3ccc4cc(C(F)(F)F)c(C(F)(F)F)cc4c3)cc12. The summed E-state index contributed by atoms with van der Waals surface area (Å²) in [5.41, 5.74) is 3.69. The van der Waals surface area contributed by atoms with Crippen molar-refractivity contribution in [3.05, 3.63) is 175 Å². The predicted octanol–water partition coefficient (Wildman–Crippen LogP) is 14.8. The maximum absolute atomic E-state index is 13.8. The van der Waals surface area contributed by atoms with E-state index in [2.05, 4.69) is 0 Å². The van der Waals surface area contributed by atoms with Gasteiger partial charge in [-0.25, -0.2) is 9.97 Å². The fraction of sp³-hybridized carbons (Fsp3) is 0.0417. The van der Waals surface area contributed by atoms with Crippen molar-refractivity contribution >= 4 is 60.8 Å². The van der Waals surface area contributed by atoms with Crippen LogP contribution in [0.5, 0.6) is 0 Å². The Morgan fingerprint density at radius 2 is 0.881 bits per heavy atom. The number of anilines is 3. The van der Waals surface area contributed by atoms with Crippen molar-refractivity contribution in [3.63, 3.8) is 0 Å². The van der Waals surface area contributed by atoms with Crippen LogP contribution in [0.25, 0.3) is 77.8 Å². The van der Waals surface area contributed by atoms with E-state index in [1.165, 1.54) is 12.1 Å². The summed E-state index contributed by atoms with van der Waals surface area (Å²) in [5, 5.41) is 1.27. The summed E-state index contributed by atoms with van der Waals surface area (Å²) in [6.45, 7) is 0. The first kappa shape index (κ1) is 34.8. The van der Waals surface area contributed by atoms with Gasteiger partial charge in [0, 0.05) is 40.3 Å². The molecule has 10 rings (SSSR count). The molecule has 0 bridgehead atoms. The van der Waals surface area contributed by atoms with Crippen molar-refractivity contribution in [2.24, 2.45) is 0 Å². The summed E-state index contributed by atoms with van der Waals surface area (Å²) < 4.78 is 104. The Morgan fingerprint density at radius 1 is 0.424 bits per heavy atom. The average Bonchev–Trinajstić information content (AvgIpc) is 3.88. The zero-order chi connectivity index (χ0) is 41.3. The molecule has 0 aliphatic rings. The molecule has 0 aliphatic heterocycles. The van der Waals surface area contributed by atoms with Crippen LogP contribution in [0.15, 0.2) is 173 Å². The van der Waals surface area contributed by atoms with Crippen LogP contribution in [-0.2, 0) is 12.4 Å². The van der Waals surface area contributed by atoms with Crippen LogP contribution in [0.2, 0.25) is 0 Å². The first-order valence-corrected chi connectivity index (χ1v) is 18.3. The lowest BCUT2D eigenvalue weighted by molar-refractivity contribution is -0.161. The molecule has 10 aromatic rings. The van der Waals surface area contributed by atoms with Gasteiger partial charge in [-0.1, -0.05) is 66.7 Å². The molecule has 0 saturated heterocycles. The fourth-order valence-electron chi connectivity index (χ4n) is 7.38. The lowest BCUT2D eigenvalue weighted by atomic mass is 9.95. The maximum atomic E-state index is 13.8. The molecule has 0 amide bonds. The maximum Gasteiger partial charge on any atom is 0.417 e. The topological polar surface area (TPSA) is 55.3 Å². The zero-order valence-electron chi connectivity index (χ0n) is 31.4. The number of hydrogen-bond acceptors (Lipinski definition) is 5. The Labute approximate surface area is 332 Å². The van der Waals surface area contributed by atoms with Gasteiger partial charge in [-0.2, -0.15) is 26.3 Å². The molecule has 5 nitrogen and oxygen atoms in total. The largest absolute Gasteiger partial charge is 0.436 e. The molecule has 0 unspecified atom stereocenters. The Balaban J connectivity index is 1.08. The quantitative estimate of drug-likeness (QED) is 0.157. The van der Waals surface area contributed by atoms with Crippen LogP contribution in [0.4, 0.5) is 43.4 Å². The molecule has 288 valence electrons. The summed E-state index contributed by atoms with van der Waals surface area (Å²) in [6, 6.07) is 45.0. The molecule has 0 spiro atoms. The molecule has 0 aliphatic carbocycles. The van der Waals surface area contributed by atoms with Crippen LogP contribution >= 0.6 is 0 Å². The van der Waals surface area contributed by atoms with Gasteiger partial charge in [-0.3, -0.25) is 0 Å². The molecular weight excluding hydrogens is 765 g/mol. The predicted molar refractivity (Wildman–Crippen MR) is 218 cm³/mol. The van der Waals surface area contributed by atoms with Crippen LogP contribution in [-0.4, -0.2) is 9.97 Å². The molecule has 0 N–H and O–H groups in total. The van der Waals surface area contributed by atoms with Gasteiger partial charge in [-0.05, 0) is 118 Å². The van der Waals surface area contributed by atoms with Crippen molar-refractivity contribution in [1.82, 2.24) is 9.97 Å². The fourth-order valence-corrected chi connectivity index (χ4v) is 7.38. The van der Waals surface area contributed by atoms with E-state index in [1.807, 2.05) is 108 Å². The number of oxazole rings is 2. The molecule has 0 atom stereocenters. The molecule has 59 heavy (non-hydrogen) atoms. The third kappa shape index (κ3) is 6.70. The highest BCUT2D eigenvalue weighted by Gasteiger charge is 2.43. The molecule has 0 radical (unpaired) electrons. The van der Waals surface area contributed by atoms with Crippen LogP contribution in [0.1, 0.15) is 12.5 Å². The van der Waals surface area contributed by atoms with Gasteiger partial charge in [0.25, 0.3) is 0 Å². The number of aromatic nitrogens is 2. The minimum Gasteiger partial charge on any atom is -0.436 e. The standard InChI is InChI=1S/C48H27F6N3O2/c49-47(50,51)39-24-34-14-12-31(22-35(34)25-40(39)48(52,53)54)30-11-13-33-23-36(16-15-32(33)21-30)57(37-17-19-41-43(26-37)58-45(55-41)28-7-3-1-4-8-28)38-18-20-42-44(27-38)59-46(56-42)29-9-5-2-6-10-29/h1-27H/i15D. The van der Waals surface area contributed by atoms with Crippen molar-refractivity contribution in [1.29, 1.82) is 0 Å². The number of alkyl halides is 6. The summed E-state index contributed by atoms with van der Waals surface area (Å²) in [7, 11) is 0. The smallest absolute Gasteiger partial charge is 0.417 e. The molecule has 2 aromatic heterocycles. The highest BCUT2D eigenvalue weighted by atomic mass is 19.4. The van der Waals surface area contributed by atoms with E-state index in [0.29, 0.717) is 85.1 Å². The number of nitrogens with zero attached hydrogens (tertiary/aromatic N) is 3. The van der Waals surface area contributed by atoms with E-state index in [4.69, 9.17) is 18.8 Å². The van der Waals surface area contributed by atoms with E-state index >= 15 is 0 Å². The third-order valence-electron chi connectivity index (χ3n) is 10.2. The van der Waals surface area contributed by atoms with Crippen LogP contribution in [0.3, 0.4) is 0 Å². The van der Waals surface area contributed by atoms with Gasteiger partial charge in [-0.15, -0.1) is 0 Å². The van der Waals surface area contributed by atoms with Gasteiger partial charge in [0.05, 0.1) is 12.5 Å². The Kier molecular flexibility index (Phi) is 8.04. The van der Waals surface area contributed by atoms with Crippen molar-refractivity contribution in [2.45, 2.75) is 12.4 Å². The molecular formula is C48H27F6N3O2. The van der Waals surface area contributed by atoms with E-state index in [-0.39, 0.29) is 16.8 Å². The van der Waals surface area contributed by atoms with Gasteiger partial charge >= 0.3 is 12.4 Å². The summed E-state index contributed by atoms with van der Waals surface area (Å²) in [4.78, 5) is 11.4. The summed E-state index contributed by atoms with van der Waals surface area (Å²) >= 11 is 0. The van der Waals surface area contributed by atoms with Gasteiger partial charge in [0.2, 0.25) is 11.8 Å². The average molecular weight is 793 g/mol. The molecule has 2 heterocycles. The second-order valence-electron chi connectivity index (χ2n) is 14.0. The van der Waals surface area contributed by atoms with E-state index in [1.54, 1.807) is 30.3 Å². The minimum atomic E-state index is -5.21. The Morgan fingerprint density at radius 3 is 1.39 bits per heavy atom. The highest BCUT2D eigenvalue weighted by Crippen LogP contribution is 2.44. The highest BCUT2D eigenvalue weighted by molar-refractivity contribution is 5.96. The second-order valence-corrected chi connectivity index (χ2v) is 14.0. The van der Waals surface area contributed by atoms with Gasteiger partial charge < -0.3 is 13.7 Å². The van der Waals surface area contributed by atoms with Crippen molar-refractivity contribution in [3.8, 4) is 34.0 Å². The number of rotatable bonds is 6. The number of fused-ring (bicyclic) bond motifs is 4. The van der Waals surface area contributed by atoms with Gasteiger partial charge in [0.1, 0.15) is 11.0 Å². The van der Waals surface area contributed by atoms with Crippen molar-refractivity contribution in [2.75, 3.05) is 4.90 Å². The number of hydrogen-bond donors (Lipinski definition) is 0. The Hall–Kier alpha value is -7.40. The van der Waals surface area contributed by atoms with Crippen LogP contribution in [0, 0.1) is 0 Å². The zero-order valence-corrected chi connectivity index (χ0v) is 30.4. The first-order chi connectivity index (χ1) is 28.9. The Bertz CT molecular complexity index is 3150. The van der Waals surface area contributed by atoms with E-state index in [0.717, 1.165) is 11.1 Å². The van der Waals surface area contributed by atoms with E-state index < -0.39 is 23.5 Å².